The molecule has 0 amide bonds. The Labute approximate surface area is 124 Å². The Morgan fingerprint density at radius 2 is 1.85 bits per heavy atom. The van der Waals surface area contributed by atoms with Crippen molar-refractivity contribution in [2.45, 2.75) is 32.7 Å². The van der Waals surface area contributed by atoms with E-state index in [0.717, 1.165) is 17.7 Å². The van der Waals surface area contributed by atoms with Crippen LogP contribution in [0.15, 0.2) is 47.7 Å². The molecule has 0 atom stereocenters. The van der Waals surface area contributed by atoms with Crippen LogP contribution in [0.3, 0.4) is 0 Å². The van der Waals surface area contributed by atoms with Gasteiger partial charge in [0.25, 0.3) is 0 Å². The maximum absolute atomic E-state index is 10.3. The van der Waals surface area contributed by atoms with Crippen molar-refractivity contribution in [3.8, 4) is 0 Å². The highest BCUT2D eigenvalue weighted by Gasteiger charge is 2.26. The summed E-state index contributed by atoms with van der Waals surface area (Å²) in [5.74, 6) is 0. The SMILES string of the molecule is BC(B)(O)N(/N=C/c1ccccc1)C(=C)CC(C)(C)C. The number of aliphatic hydroxyl groups is 1. The number of hydrazone groups is 1. The van der Waals surface area contributed by atoms with Crippen molar-refractivity contribution < 1.29 is 5.11 Å². The van der Waals surface area contributed by atoms with Crippen LogP contribution in [0.5, 0.6) is 0 Å². The first-order valence-electron chi connectivity index (χ1n) is 6.89. The van der Waals surface area contributed by atoms with Crippen LogP contribution in [-0.4, -0.2) is 37.5 Å². The van der Waals surface area contributed by atoms with E-state index in [-0.39, 0.29) is 5.41 Å². The van der Waals surface area contributed by atoms with Crippen LogP contribution >= 0.6 is 0 Å². The molecule has 0 aliphatic rings. The zero-order valence-electron chi connectivity index (χ0n) is 13.2. The zero-order chi connectivity index (χ0) is 15.4. The second-order valence-corrected chi connectivity index (χ2v) is 6.77. The molecule has 0 aliphatic carbocycles. The van der Waals surface area contributed by atoms with E-state index in [1.54, 1.807) is 26.9 Å². The van der Waals surface area contributed by atoms with Gasteiger partial charge in [-0.05, 0) is 17.4 Å². The number of hydrogen-bond donors (Lipinski definition) is 1. The molecular formula is C15H24B2N2O. The molecule has 0 unspecified atom stereocenters. The van der Waals surface area contributed by atoms with Gasteiger partial charge in [-0.2, -0.15) is 5.10 Å². The summed E-state index contributed by atoms with van der Waals surface area (Å²) < 4.78 is 0. The zero-order valence-corrected chi connectivity index (χ0v) is 13.2. The molecule has 5 heteroatoms. The molecular weight excluding hydrogens is 246 g/mol. The fourth-order valence-corrected chi connectivity index (χ4v) is 1.96. The third-order valence-corrected chi connectivity index (χ3v) is 2.67. The van der Waals surface area contributed by atoms with E-state index < -0.39 is 5.52 Å². The van der Waals surface area contributed by atoms with E-state index in [9.17, 15) is 5.11 Å². The number of allylic oxidation sites excluding steroid dienone is 1. The summed E-state index contributed by atoms with van der Waals surface area (Å²) in [6.07, 6.45) is 2.51. The monoisotopic (exact) mass is 270 g/mol. The molecule has 0 saturated carbocycles. The van der Waals surface area contributed by atoms with Crippen molar-refractivity contribution >= 4 is 21.9 Å². The average Bonchev–Trinajstić information content (AvgIpc) is 2.26. The fourth-order valence-electron chi connectivity index (χ4n) is 1.96. The molecule has 3 nitrogen and oxygen atoms in total. The molecule has 0 bridgehead atoms. The smallest absolute Gasteiger partial charge is 0.159 e. The van der Waals surface area contributed by atoms with Gasteiger partial charge in [0.15, 0.2) is 15.7 Å². The Kier molecular flexibility index (Phi) is 5.23. The summed E-state index contributed by atoms with van der Waals surface area (Å²) >= 11 is 0. The van der Waals surface area contributed by atoms with Gasteiger partial charge in [-0.1, -0.05) is 57.7 Å². The Morgan fingerprint density at radius 1 is 1.30 bits per heavy atom. The van der Waals surface area contributed by atoms with Crippen molar-refractivity contribution in [1.82, 2.24) is 5.01 Å². The van der Waals surface area contributed by atoms with E-state index in [0.29, 0.717) is 0 Å². The minimum absolute atomic E-state index is 0.100. The lowest BCUT2D eigenvalue weighted by Gasteiger charge is -2.36. The van der Waals surface area contributed by atoms with Crippen LogP contribution in [0.1, 0.15) is 32.8 Å². The number of hydrogen-bond acceptors (Lipinski definition) is 3. The summed E-state index contributed by atoms with van der Waals surface area (Å²) in [4.78, 5) is 0. The van der Waals surface area contributed by atoms with E-state index >= 15 is 0 Å². The van der Waals surface area contributed by atoms with Gasteiger partial charge in [0, 0.05) is 5.70 Å². The number of rotatable bonds is 5. The van der Waals surface area contributed by atoms with E-state index in [2.05, 4.69) is 32.5 Å². The second kappa shape index (κ2) is 6.31. The highest BCUT2D eigenvalue weighted by atomic mass is 16.3. The van der Waals surface area contributed by atoms with Crippen LogP contribution in [0.2, 0.25) is 0 Å². The summed E-state index contributed by atoms with van der Waals surface area (Å²) in [7, 11) is 3.42. The maximum Gasteiger partial charge on any atom is 0.159 e. The third kappa shape index (κ3) is 5.66. The molecule has 0 saturated heterocycles. The van der Waals surface area contributed by atoms with Crippen molar-refractivity contribution in [2.24, 2.45) is 10.5 Å². The predicted octanol–water partition coefficient (Wildman–Crippen LogP) is 1.14. The van der Waals surface area contributed by atoms with Gasteiger partial charge < -0.3 is 5.11 Å². The Bertz CT molecular complexity index is 473. The largest absolute Gasteiger partial charge is 0.386 e. The Hall–Kier alpha value is -1.48. The summed E-state index contributed by atoms with van der Waals surface area (Å²) in [6, 6.07) is 9.82. The lowest BCUT2D eigenvalue weighted by atomic mass is 9.72. The van der Waals surface area contributed by atoms with Gasteiger partial charge in [-0.15, -0.1) is 0 Å². The molecule has 0 radical (unpaired) electrons. The van der Waals surface area contributed by atoms with Crippen LogP contribution < -0.4 is 0 Å². The minimum Gasteiger partial charge on any atom is -0.386 e. The van der Waals surface area contributed by atoms with E-state index in [4.69, 9.17) is 0 Å². The molecule has 1 aromatic carbocycles. The lowest BCUT2D eigenvalue weighted by molar-refractivity contribution is 0.0545. The summed E-state index contributed by atoms with van der Waals surface area (Å²) in [5.41, 5.74) is 0.818. The molecule has 0 aromatic heterocycles. The standard InChI is InChI=1S/C15H24B2N2O/c1-12(10-14(2,3)4)19(15(16,17)20)18-11-13-8-6-5-7-9-13/h5-9,11,20H,1,10,16-17H2,2-4H3/b18-11+. The Morgan fingerprint density at radius 3 is 2.30 bits per heavy atom. The minimum atomic E-state index is -1.08. The van der Waals surface area contributed by atoms with Crippen LogP contribution in [-0.2, 0) is 0 Å². The first kappa shape index (κ1) is 16.6. The molecule has 0 heterocycles. The highest BCUT2D eigenvalue weighted by Crippen LogP contribution is 2.27. The average molecular weight is 270 g/mol. The van der Waals surface area contributed by atoms with Crippen molar-refractivity contribution in [3.63, 3.8) is 0 Å². The fraction of sp³-hybridized carbons (Fsp3) is 0.400. The normalized spacial score (nSPS) is 12.6. The first-order valence-corrected chi connectivity index (χ1v) is 6.89. The molecule has 1 aromatic rings. The third-order valence-electron chi connectivity index (χ3n) is 2.67. The molecule has 0 spiro atoms. The summed E-state index contributed by atoms with van der Waals surface area (Å²) in [6.45, 7) is 10.5. The molecule has 106 valence electrons. The van der Waals surface area contributed by atoms with E-state index in [1.165, 1.54) is 0 Å². The van der Waals surface area contributed by atoms with E-state index in [1.807, 2.05) is 30.3 Å². The van der Waals surface area contributed by atoms with Crippen LogP contribution in [0.25, 0.3) is 0 Å². The summed E-state index contributed by atoms with van der Waals surface area (Å²) in [5, 5.41) is 16.3. The highest BCUT2D eigenvalue weighted by molar-refractivity contribution is 6.38. The molecule has 20 heavy (non-hydrogen) atoms. The van der Waals surface area contributed by atoms with Gasteiger partial charge in [-0.3, -0.25) is 5.01 Å². The second-order valence-electron chi connectivity index (χ2n) is 6.77. The maximum atomic E-state index is 10.3. The molecule has 0 aliphatic heterocycles. The van der Waals surface area contributed by atoms with Crippen molar-refractivity contribution in [2.75, 3.05) is 0 Å². The van der Waals surface area contributed by atoms with Gasteiger partial charge in [0.2, 0.25) is 0 Å². The first-order chi connectivity index (χ1) is 9.09. The molecule has 1 N–H and O–H groups in total. The lowest BCUT2D eigenvalue weighted by Crippen LogP contribution is -2.46. The quantitative estimate of drug-likeness (QED) is 0.377. The van der Waals surface area contributed by atoms with Gasteiger partial charge in [0.05, 0.1) is 11.7 Å². The van der Waals surface area contributed by atoms with Crippen LogP contribution in [0.4, 0.5) is 0 Å². The van der Waals surface area contributed by atoms with Crippen molar-refractivity contribution in [1.29, 1.82) is 0 Å². The number of nitrogens with zero attached hydrogens (tertiary/aromatic N) is 2. The van der Waals surface area contributed by atoms with Crippen molar-refractivity contribution in [3.05, 3.63) is 48.2 Å². The molecule has 1 rings (SSSR count). The Balaban J connectivity index is 2.92. The van der Waals surface area contributed by atoms with Gasteiger partial charge >= 0.3 is 0 Å². The predicted molar refractivity (Wildman–Crippen MR) is 91.1 cm³/mol. The molecule has 0 fully saturated rings. The van der Waals surface area contributed by atoms with Crippen LogP contribution in [0, 0.1) is 5.41 Å². The van der Waals surface area contributed by atoms with Gasteiger partial charge in [0.1, 0.15) is 0 Å². The number of benzene rings is 1. The topological polar surface area (TPSA) is 35.8 Å². The van der Waals surface area contributed by atoms with Gasteiger partial charge in [-0.25, -0.2) is 0 Å².